The van der Waals surface area contributed by atoms with E-state index in [1.165, 1.54) is 29.5 Å². The van der Waals surface area contributed by atoms with Gasteiger partial charge in [-0.1, -0.05) is 45.0 Å². The first-order chi connectivity index (χ1) is 14.2. The smallest absolute Gasteiger partial charge is 0.272 e. The fraction of sp³-hybridized carbons (Fsp3) is 0.167. The molecule has 154 valence electrons. The number of carbonyl (C=O) groups is 2. The van der Waals surface area contributed by atoms with Crippen LogP contribution in [0.5, 0.6) is 0 Å². The Morgan fingerprint density at radius 1 is 1.00 bits per heavy atom. The van der Waals surface area contributed by atoms with Gasteiger partial charge in [0.25, 0.3) is 11.8 Å². The molecule has 1 heterocycles. The number of halogens is 1. The molecule has 0 spiro atoms. The molecule has 0 fully saturated rings. The van der Waals surface area contributed by atoms with Crippen molar-refractivity contribution in [2.75, 3.05) is 5.32 Å². The molecule has 6 heteroatoms. The molecule has 0 aliphatic rings. The Labute approximate surface area is 179 Å². The van der Waals surface area contributed by atoms with Gasteiger partial charge in [0.05, 0.1) is 0 Å². The van der Waals surface area contributed by atoms with E-state index in [1.54, 1.807) is 24.3 Å². The van der Waals surface area contributed by atoms with Gasteiger partial charge in [0, 0.05) is 16.1 Å². The van der Waals surface area contributed by atoms with Crippen molar-refractivity contribution in [3.8, 4) is 0 Å². The number of hydrogen-bond donors (Lipinski definition) is 2. The predicted octanol–water partition coefficient (Wildman–Crippen LogP) is 5.59. The molecule has 0 aliphatic carbocycles. The van der Waals surface area contributed by atoms with Crippen LogP contribution in [0.4, 0.5) is 10.1 Å². The fourth-order valence-electron chi connectivity index (χ4n) is 2.75. The molecule has 1 aromatic heterocycles. The molecule has 3 aromatic rings. The zero-order chi connectivity index (χ0) is 21.7. The maximum atomic E-state index is 13.4. The van der Waals surface area contributed by atoms with Gasteiger partial charge in [0.2, 0.25) is 0 Å². The van der Waals surface area contributed by atoms with Gasteiger partial charge in [0.15, 0.2) is 0 Å². The molecule has 2 amide bonds. The second-order valence-electron chi connectivity index (χ2n) is 7.82. The van der Waals surface area contributed by atoms with E-state index in [9.17, 15) is 14.0 Å². The van der Waals surface area contributed by atoms with E-state index < -0.39 is 17.6 Å². The first-order valence-corrected chi connectivity index (χ1v) is 10.3. The van der Waals surface area contributed by atoms with Crippen LogP contribution in [0.15, 0.2) is 71.7 Å². The summed E-state index contributed by atoms with van der Waals surface area (Å²) in [5.41, 5.74) is 1.91. The quantitative estimate of drug-likeness (QED) is 0.526. The lowest BCUT2D eigenvalue weighted by Gasteiger charge is -2.19. The van der Waals surface area contributed by atoms with E-state index in [0.717, 1.165) is 10.4 Å². The SMILES string of the molecule is CC(C)(C)c1ccc(C(=O)N/C(=C/c2cccs2)C(=O)Nc2cccc(F)c2)cc1. The molecular weight excluding hydrogens is 399 g/mol. The summed E-state index contributed by atoms with van der Waals surface area (Å²) in [5.74, 6) is -1.39. The van der Waals surface area contributed by atoms with Crippen LogP contribution in [0.2, 0.25) is 0 Å². The van der Waals surface area contributed by atoms with Gasteiger partial charge in [0.1, 0.15) is 11.5 Å². The lowest BCUT2D eigenvalue weighted by Crippen LogP contribution is -2.30. The van der Waals surface area contributed by atoms with E-state index in [2.05, 4.69) is 31.4 Å². The summed E-state index contributed by atoms with van der Waals surface area (Å²) < 4.78 is 13.4. The summed E-state index contributed by atoms with van der Waals surface area (Å²) in [7, 11) is 0. The Morgan fingerprint density at radius 3 is 2.33 bits per heavy atom. The van der Waals surface area contributed by atoms with Crippen molar-refractivity contribution in [2.24, 2.45) is 0 Å². The minimum absolute atomic E-state index is 0.0237. The summed E-state index contributed by atoms with van der Waals surface area (Å²) in [6.07, 6.45) is 1.60. The number of hydrogen-bond acceptors (Lipinski definition) is 3. The molecule has 2 N–H and O–H groups in total. The second-order valence-corrected chi connectivity index (χ2v) is 8.80. The third-order valence-electron chi connectivity index (χ3n) is 4.42. The van der Waals surface area contributed by atoms with Gasteiger partial charge in [-0.05, 0) is 58.8 Å². The van der Waals surface area contributed by atoms with E-state index in [1.807, 2.05) is 29.6 Å². The van der Waals surface area contributed by atoms with Crippen molar-refractivity contribution in [1.29, 1.82) is 0 Å². The Morgan fingerprint density at radius 2 is 1.73 bits per heavy atom. The monoisotopic (exact) mass is 422 g/mol. The topological polar surface area (TPSA) is 58.2 Å². The number of nitrogens with one attached hydrogen (secondary N) is 2. The first-order valence-electron chi connectivity index (χ1n) is 9.46. The van der Waals surface area contributed by atoms with Crippen LogP contribution in [-0.4, -0.2) is 11.8 Å². The lowest BCUT2D eigenvalue weighted by atomic mass is 9.87. The van der Waals surface area contributed by atoms with Crippen LogP contribution in [0.1, 0.15) is 41.6 Å². The van der Waals surface area contributed by atoms with Crippen LogP contribution < -0.4 is 10.6 Å². The van der Waals surface area contributed by atoms with Crippen LogP contribution in [0.3, 0.4) is 0 Å². The number of amides is 2. The molecule has 0 unspecified atom stereocenters. The average Bonchev–Trinajstić information content (AvgIpc) is 3.20. The fourth-order valence-corrected chi connectivity index (χ4v) is 3.41. The van der Waals surface area contributed by atoms with Gasteiger partial charge < -0.3 is 10.6 Å². The third kappa shape index (κ3) is 5.64. The molecule has 3 rings (SSSR count). The van der Waals surface area contributed by atoms with Crippen LogP contribution in [0, 0.1) is 5.82 Å². The van der Waals surface area contributed by atoms with Crippen LogP contribution in [0.25, 0.3) is 6.08 Å². The highest BCUT2D eigenvalue weighted by Gasteiger charge is 2.17. The van der Waals surface area contributed by atoms with E-state index in [0.29, 0.717) is 11.3 Å². The van der Waals surface area contributed by atoms with Crippen molar-refractivity contribution in [3.05, 3.63) is 93.6 Å². The van der Waals surface area contributed by atoms with Crippen molar-refractivity contribution >= 4 is 34.9 Å². The minimum Gasteiger partial charge on any atom is -0.321 e. The molecule has 0 radical (unpaired) electrons. The molecule has 30 heavy (non-hydrogen) atoms. The summed E-state index contributed by atoms with van der Waals surface area (Å²) in [5, 5.41) is 7.19. The molecule has 0 saturated heterocycles. The van der Waals surface area contributed by atoms with Gasteiger partial charge in [-0.15, -0.1) is 11.3 Å². The molecule has 0 atom stereocenters. The largest absolute Gasteiger partial charge is 0.321 e. The normalized spacial score (nSPS) is 11.8. The zero-order valence-electron chi connectivity index (χ0n) is 17.0. The average molecular weight is 423 g/mol. The van der Waals surface area contributed by atoms with Gasteiger partial charge in [-0.3, -0.25) is 9.59 Å². The maximum absolute atomic E-state index is 13.4. The lowest BCUT2D eigenvalue weighted by molar-refractivity contribution is -0.113. The Bertz CT molecular complexity index is 1070. The molecule has 0 aliphatic heterocycles. The summed E-state index contributed by atoms with van der Waals surface area (Å²) in [6.45, 7) is 6.29. The van der Waals surface area contributed by atoms with Crippen molar-refractivity contribution < 1.29 is 14.0 Å². The highest BCUT2D eigenvalue weighted by atomic mass is 32.1. The maximum Gasteiger partial charge on any atom is 0.272 e. The number of rotatable bonds is 5. The molecule has 0 saturated carbocycles. The van der Waals surface area contributed by atoms with Crippen molar-refractivity contribution in [2.45, 2.75) is 26.2 Å². The predicted molar refractivity (Wildman–Crippen MR) is 120 cm³/mol. The highest BCUT2D eigenvalue weighted by Crippen LogP contribution is 2.22. The first kappa shape index (κ1) is 21.5. The van der Waals surface area contributed by atoms with Crippen LogP contribution in [-0.2, 0) is 10.2 Å². The van der Waals surface area contributed by atoms with Gasteiger partial charge in [-0.25, -0.2) is 4.39 Å². The number of thiophene rings is 1. The molecule has 0 bridgehead atoms. The number of carbonyl (C=O) groups excluding carboxylic acids is 2. The zero-order valence-corrected chi connectivity index (χ0v) is 17.8. The number of benzene rings is 2. The minimum atomic E-state index is -0.534. The third-order valence-corrected chi connectivity index (χ3v) is 5.24. The van der Waals surface area contributed by atoms with E-state index >= 15 is 0 Å². The summed E-state index contributed by atoms with van der Waals surface area (Å²) in [6, 6.07) is 16.6. The summed E-state index contributed by atoms with van der Waals surface area (Å²) in [4.78, 5) is 26.4. The van der Waals surface area contributed by atoms with Crippen molar-refractivity contribution in [1.82, 2.24) is 5.32 Å². The molecule has 4 nitrogen and oxygen atoms in total. The Hall–Kier alpha value is -3.25. The van der Waals surface area contributed by atoms with E-state index in [-0.39, 0.29) is 11.1 Å². The Kier molecular flexibility index (Phi) is 6.47. The standard InChI is InChI=1S/C24H23FN2O2S/c1-24(2,3)17-11-9-16(10-12-17)22(28)27-21(15-20-8-5-13-30-20)23(29)26-19-7-4-6-18(25)14-19/h4-15H,1-3H3,(H,26,29)(H,27,28)/b21-15+. The van der Waals surface area contributed by atoms with Crippen LogP contribution >= 0.6 is 11.3 Å². The summed E-state index contributed by atoms with van der Waals surface area (Å²) >= 11 is 1.44. The molecule has 2 aromatic carbocycles. The van der Waals surface area contributed by atoms with Crippen molar-refractivity contribution in [3.63, 3.8) is 0 Å². The van der Waals surface area contributed by atoms with Gasteiger partial charge in [-0.2, -0.15) is 0 Å². The second kappa shape index (κ2) is 9.05. The van der Waals surface area contributed by atoms with E-state index in [4.69, 9.17) is 0 Å². The molecular formula is C24H23FN2O2S. The van der Waals surface area contributed by atoms with Gasteiger partial charge >= 0.3 is 0 Å². The highest BCUT2D eigenvalue weighted by molar-refractivity contribution is 7.10. The Balaban J connectivity index is 1.82. The number of anilines is 1.